The van der Waals surface area contributed by atoms with Crippen molar-refractivity contribution in [2.24, 2.45) is 5.92 Å². The molecule has 0 aliphatic carbocycles. The van der Waals surface area contributed by atoms with Crippen molar-refractivity contribution in [3.63, 3.8) is 0 Å². The Morgan fingerprint density at radius 3 is 2.78 bits per heavy atom. The van der Waals surface area contributed by atoms with Crippen molar-refractivity contribution in [2.45, 2.75) is 19.8 Å². The van der Waals surface area contributed by atoms with Crippen LogP contribution in [0.25, 0.3) is 0 Å². The first-order valence-electron chi connectivity index (χ1n) is 7.90. The Morgan fingerprint density at radius 1 is 1.26 bits per heavy atom. The minimum absolute atomic E-state index is 0.185. The predicted molar refractivity (Wildman–Crippen MR) is 96.9 cm³/mol. The second-order valence-corrected chi connectivity index (χ2v) is 6.95. The van der Waals surface area contributed by atoms with Crippen molar-refractivity contribution in [2.75, 3.05) is 23.3 Å². The van der Waals surface area contributed by atoms with Crippen LogP contribution >= 0.6 is 15.9 Å². The second kappa shape index (κ2) is 7.13. The first-order chi connectivity index (χ1) is 11.1. The normalized spacial score (nSPS) is 15.5. The SMILES string of the molecule is CC1CCN(c2ccnc(C(=O)Nc3cccc(Br)c3)c2)CC1. The highest BCUT2D eigenvalue weighted by atomic mass is 79.9. The van der Waals surface area contributed by atoms with E-state index in [1.54, 1.807) is 6.20 Å². The molecule has 1 fully saturated rings. The predicted octanol–water partition coefficient (Wildman–Crippen LogP) is 4.33. The van der Waals surface area contributed by atoms with Gasteiger partial charge in [0.15, 0.2) is 0 Å². The molecule has 1 amide bonds. The number of piperidine rings is 1. The van der Waals surface area contributed by atoms with E-state index in [-0.39, 0.29) is 5.91 Å². The van der Waals surface area contributed by atoms with Gasteiger partial charge in [-0.05, 0) is 49.1 Å². The molecule has 1 aromatic heterocycles. The first-order valence-corrected chi connectivity index (χ1v) is 8.69. The third-order valence-electron chi connectivity index (χ3n) is 4.21. The van der Waals surface area contributed by atoms with Crippen LogP contribution in [0, 0.1) is 5.92 Å². The number of nitrogens with zero attached hydrogens (tertiary/aromatic N) is 2. The molecule has 1 aliphatic rings. The van der Waals surface area contributed by atoms with Gasteiger partial charge in [0.25, 0.3) is 5.91 Å². The summed E-state index contributed by atoms with van der Waals surface area (Å²) in [6, 6.07) is 11.4. The molecule has 0 spiro atoms. The fourth-order valence-electron chi connectivity index (χ4n) is 2.77. The van der Waals surface area contributed by atoms with E-state index < -0.39 is 0 Å². The molecule has 0 unspecified atom stereocenters. The van der Waals surface area contributed by atoms with Gasteiger partial charge in [0.2, 0.25) is 0 Å². The standard InChI is InChI=1S/C18H20BrN3O/c1-13-6-9-22(10-7-13)16-5-8-20-17(12-16)18(23)21-15-4-2-3-14(19)11-15/h2-5,8,11-13H,6-7,9-10H2,1H3,(H,21,23). The lowest BCUT2D eigenvalue weighted by atomic mass is 9.99. The Hall–Kier alpha value is -1.88. The van der Waals surface area contributed by atoms with E-state index in [0.29, 0.717) is 5.69 Å². The van der Waals surface area contributed by atoms with Gasteiger partial charge in [0.1, 0.15) is 5.69 Å². The van der Waals surface area contributed by atoms with E-state index >= 15 is 0 Å². The Kier molecular flexibility index (Phi) is 4.96. The van der Waals surface area contributed by atoms with E-state index in [2.05, 4.69) is 38.1 Å². The fourth-order valence-corrected chi connectivity index (χ4v) is 3.17. The van der Waals surface area contributed by atoms with E-state index in [1.807, 2.05) is 36.4 Å². The van der Waals surface area contributed by atoms with Crippen LogP contribution in [0.15, 0.2) is 47.1 Å². The Balaban J connectivity index is 1.72. The van der Waals surface area contributed by atoms with Crippen LogP contribution in [0.1, 0.15) is 30.3 Å². The molecule has 2 aromatic rings. The van der Waals surface area contributed by atoms with Gasteiger partial charge in [-0.15, -0.1) is 0 Å². The lowest BCUT2D eigenvalue weighted by Gasteiger charge is -2.32. The van der Waals surface area contributed by atoms with Crippen molar-refractivity contribution >= 4 is 33.2 Å². The molecule has 2 heterocycles. The van der Waals surface area contributed by atoms with Gasteiger partial charge < -0.3 is 10.2 Å². The first kappa shape index (κ1) is 16.0. The van der Waals surface area contributed by atoms with Crippen LogP contribution in [0.2, 0.25) is 0 Å². The van der Waals surface area contributed by atoms with Gasteiger partial charge >= 0.3 is 0 Å². The van der Waals surface area contributed by atoms with Crippen molar-refractivity contribution in [3.8, 4) is 0 Å². The van der Waals surface area contributed by atoms with Crippen molar-refractivity contribution in [3.05, 3.63) is 52.8 Å². The summed E-state index contributed by atoms with van der Waals surface area (Å²) in [6.07, 6.45) is 4.10. The lowest BCUT2D eigenvalue weighted by Crippen LogP contribution is -2.33. The number of benzene rings is 1. The Labute approximate surface area is 145 Å². The quantitative estimate of drug-likeness (QED) is 0.870. The number of hydrogen-bond donors (Lipinski definition) is 1. The van der Waals surface area contributed by atoms with Gasteiger partial charge in [-0.3, -0.25) is 9.78 Å². The molecule has 4 nitrogen and oxygen atoms in total. The number of pyridine rings is 1. The number of hydrogen-bond acceptors (Lipinski definition) is 3. The number of anilines is 2. The number of nitrogens with one attached hydrogen (secondary N) is 1. The highest BCUT2D eigenvalue weighted by Crippen LogP contribution is 2.23. The number of carbonyl (C=O) groups is 1. The Bertz CT molecular complexity index is 696. The monoisotopic (exact) mass is 373 g/mol. The molecular formula is C18H20BrN3O. The van der Waals surface area contributed by atoms with E-state index in [0.717, 1.165) is 34.9 Å². The topological polar surface area (TPSA) is 45.2 Å². The van der Waals surface area contributed by atoms with Gasteiger partial charge in [-0.1, -0.05) is 28.9 Å². The van der Waals surface area contributed by atoms with Crippen LogP contribution < -0.4 is 10.2 Å². The molecule has 0 atom stereocenters. The largest absolute Gasteiger partial charge is 0.371 e. The zero-order valence-electron chi connectivity index (χ0n) is 13.1. The van der Waals surface area contributed by atoms with Crippen LogP contribution in [-0.2, 0) is 0 Å². The zero-order valence-corrected chi connectivity index (χ0v) is 14.7. The van der Waals surface area contributed by atoms with E-state index in [9.17, 15) is 4.79 Å². The maximum absolute atomic E-state index is 12.4. The minimum atomic E-state index is -0.185. The van der Waals surface area contributed by atoms with Crippen LogP contribution in [0.5, 0.6) is 0 Å². The summed E-state index contributed by atoms with van der Waals surface area (Å²) in [6.45, 7) is 4.37. The molecule has 1 saturated heterocycles. The number of halogens is 1. The van der Waals surface area contributed by atoms with Crippen molar-refractivity contribution < 1.29 is 4.79 Å². The third-order valence-corrected chi connectivity index (χ3v) is 4.70. The average molecular weight is 374 g/mol. The molecule has 0 bridgehead atoms. The summed E-state index contributed by atoms with van der Waals surface area (Å²) in [5.74, 6) is 0.600. The van der Waals surface area contributed by atoms with Crippen LogP contribution in [0.4, 0.5) is 11.4 Å². The minimum Gasteiger partial charge on any atom is -0.371 e. The number of carbonyl (C=O) groups excluding carboxylic acids is 1. The van der Waals surface area contributed by atoms with Gasteiger partial charge in [0, 0.05) is 35.1 Å². The molecule has 0 radical (unpaired) electrons. The zero-order chi connectivity index (χ0) is 16.2. The van der Waals surface area contributed by atoms with Crippen molar-refractivity contribution in [1.82, 2.24) is 4.98 Å². The lowest BCUT2D eigenvalue weighted by molar-refractivity contribution is 0.102. The number of aromatic nitrogens is 1. The summed E-state index contributed by atoms with van der Waals surface area (Å²) >= 11 is 3.40. The molecule has 5 heteroatoms. The summed E-state index contributed by atoms with van der Waals surface area (Å²) in [7, 11) is 0. The van der Waals surface area contributed by atoms with Gasteiger partial charge in [-0.2, -0.15) is 0 Å². The molecule has 1 aromatic carbocycles. The Morgan fingerprint density at radius 2 is 2.04 bits per heavy atom. The molecular weight excluding hydrogens is 354 g/mol. The molecule has 23 heavy (non-hydrogen) atoms. The molecule has 120 valence electrons. The van der Waals surface area contributed by atoms with Gasteiger partial charge in [-0.25, -0.2) is 0 Å². The average Bonchev–Trinajstić information content (AvgIpc) is 2.56. The van der Waals surface area contributed by atoms with Crippen LogP contribution in [0.3, 0.4) is 0 Å². The summed E-state index contributed by atoms with van der Waals surface area (Å²) in [5.41, 5.74) is 2.27. The second-order valence-electron chi connectivity index (χ2n) is 6.03. The number of amides is 1. The highest BCUT2D eigenvalue weighted by Gasteiger charge is 2.17. The highest BCUT2D eigenvalue weighted by molar-refractivity contribution is 9.10. The smallest absolute Gasteiger partial charge is 0.274 e. The molecule has 1 aliphatic heterocycles. The summed E-state index contributed by atoms with van der Waals surface area (Å²) in [5, 5.41) is 2.89. The molecule has 1 N–H and O–H groups in total. The maximum Gasteiger partial charge on any atom is 0.274 e. The molecule has 3 rings (SSSR count). The van der Waals surface area contributed by atoms with Gasteiger partial charge in [0.05, 0.1) is 0 Å². The number of rotatable bonds is 3. The summed E-state index contributed by atoms with van der Waals surface area (Å²) in [4.78, 5) is 19.0. The van der Waals surface area contributed by atoms with E-state index in [1.165, 1.54) is 12.8 Å². The van der Waals surface area contributed by atoms with Crippen LogP contribution in [-0.4, -0.2) is 24.0 Å². The molecule has 0 saturated carbocycles. The van der Waals surface area contributed by atoms with E-state index in [4.69, 9.17) is 0 Å². The van der Waals surface area contributed by atoms with Crippen molar-refractivity contribution in [1.29, 1.82) is 0 Å². The maximum atomic E-state index is 12.4. The summed E-state index contributed by atoms with van der Waals surface area (Å²) < 4.78 is 0.930. The fraction of sp³-hybridized carbons (Fsp3) is 0.333. The third kappa shape index (κ3) is 4.10.